The molecule has 6 heteroatoms. The van der Waals surface area contributed by atoms with Crippen LogP contribution in [0.25, 0.3) is 0 Å². The van der Waals surface area contributed by atoms with Gasteiger partial charge in [-0.25, -0.2) is 4.79 Å². The number of rotatable bonds is 4. The Morgan fingerprint density at radius 1 is 1.10 bits per heavy atom. The van der Waals surface area contributed by atoms with Crippen molar-refractivity contribution in [3.63, 3.8) is 0 Å². The fourth-order valence-electron chi connectivity index (χ4n) is 2.37. The van der Waals surface area contributed by atoms with Crippen molar-refractivity contribution in [2.24, 2.45) is 0 Å². The number of anilines is 1. The Morgan fingerprint density at radius 2 is 1.76 bits per heavy atom. The van der Waals surface area contributed by atoms with Crippen LogP contribution in [0.15, 0.2) is 36.4 Å². The second-order valence-corrected chi connectivity index (χ2v) is 4.77. The molecule has 0 aromatic heterocycles. The number of piperazine rings is 1. The highest BCUT2D eigenvalue weighted by atomic mass is 16.4. The van der Waals surface area contributed by atoms with E-state index in [1.807, 2.05) is 24.3 Å². The van der Waals surface area contributed by atoms with Crippen LogP contribution < -0.4 is 4.90 Å². The van der Waals surface area contributed by atoms with Gasteiger partial charge in [0, 0.05) is 49.6 Å². The van der Waals surface area contributed by atoms with Crippen LogP contribution >= 0.6 is 0 Å². The third kappa shape index (κ3) is 3.82. The molecule has 0 saturated carbocycles. The molecule has 0 aliphatic carbocycles. The highest BCUT2D eigenvalue weighted by Crippen LogP contribution is 2.21. The summed E-state index contributed by atoms with van der Waals surface area (Å²) in [5.74, 6) is -1.41. The number of carboxylic acids is 1. The van der Waals surface area contributed by atoms with E-state index in [1.54, 1.807) is 4.90 Å². The molecular weight excluding hydrogens is 272 g/mol. The quantitative estimate of drug-likeness (QED) is 0.788. The van der Waals surface area contributed by atoms with Crippen LogP contribution in [0.1, 0.15) is 5.56 Å². The molecule has 112 valence electrons. The van der Waals surface area contributed by atoms with E-state index < -0.39 is 5.97 Å². The molecule has 1 aromatic rings. The first kappa shape index (κ1) is 15.1. The van der Waals surface area contributed by atoms with E-state index in [2.05, 4.69) is 4.90 Å². The topological polar surface area (TPSA) is 81.1 Å². The molecule has 1 saturated heterocycles. The second-order valence-electron chi connectivity index (χ2n) is 4.77. The lowest BCUT2D eigenvalue weighted by molar-refractivity contribution is -0.132. The Bertz CT molecular complexity index is 548. The van der Waals surface area contributed by atoms with Crippen molar-refractivity contribution in [2.75, 3.05) is 31.1 Å². The maximum Gasteiger partial charge on any atom is 0.328 e. The Balaban J connectivity index is 1.97. The number of aliphatic carboxylic acids is 1. The first-order valence-corrected chi connectivity index (χ1v) is 6.75. The molecule has 1 amide bonds. The molecule has 6 nitrogen and oxygen atoms in total. The lowest BCUT2D eigenvalue weighted by Gasteiger charge is -2.36. The largest absolute Gasteiger partial charge is 0.478 e. The summed E-state index contributed by atoms with van der Waals surface area (Å²) < 4.78 is 0. The molecule has 21 heavy (non-hydrogen) atoms. The number of carbonyl (C=O) groups excluding carboxylic acids is 1. The smallest absolute Gasteiger partial charge is 0.328 e. The predicted octanol–water partition coefficient (Wildman–Crippen LogP) is 0.468. The molecule has 0 bridgehead atoms. The van der Waals surface area contributed by atoms with Crippen molar-refractivity contribution in [1.82, 2.24) is 4.90 Å². The molecule has 1 aliphatic rings. The van der Waals surface area contributed by atoms with Crippen molar-refractivity contribution < 1.29 is 19.8 Å². The first-order chi connectivity index (χ1) is 10.1. The van der Waals surface area contributed by atoms with Crippen LogP contribution in [-0.2, 0) is 16.2 Å². The Kier molecular flexibility index (Phi) is 4.94. The van der Waals surface area contributed by atoms with Gasteiger partial charge in [-0.3, -0.25) is 4.79 Å². The van der Waals surface area contributed by atoms with Gasteiger partial charge in [-0.15, -0.1) is 0 Å². The van der Waals surface area contributed by atoms with E-state index in [1.165, 1.54) is 0 Å². The van der Waals surface area contributed by atoms with E-state index in [0.717, 1.165) is 23.4 Å². The SMILES string of the molecule is O=C(O)/C=C\C(=O)N1CCN(c2ccccc2CO)CC1. The van der Waals surface area contributed by atoms with Crippen molar-refractivity contribution >= 4 is 17.6 Å². The summed E-state index contributed by atoms with van der Waals surface area (Å²) in [5, 5.41) is 17.9. The zero-order valence-corrected chi connectivity index (χ0v) is 11.6. The number of para-hydroxylation sites is 1. The average Bonchev–Trinajstić information content (AvgIpc) is 2.52. The minimum atomic E-state index is -1.13. The van der Waals surface area contributed by atoms with E-state index in [0.29, 0.717) is 26.2 Å². The van der Waals surface area contributed by atoms with Crippen LogP contribution in [0, 0.1) is 0 Å². The second kappa shape index (κ2) is 6.90. The molecule has 2 rings (SSSR count). The number of carboxylic acid groups (broad SMARTS) is 1. The summed E-state index contributed by atoms with van der Waals surface area (Å²) in [7, 11) is 0. The van der Waals surface area contributed by atoms with E-state index in [-0.39, 0.29) is 12.5 Å². The van der Waals surface area contributed by atoms with E-state index in [9.17, 15) is 14.7 Å². The lowest BCUT2D eigenvalue weighted by Crippen LogP contribution is -2.48. The number of aliphatic hydroxyl groups excluding tert-OH is 1. The van der Waals surface area contributed by atoms with Crippen LogP contribution in [0.3, 0.4) is 0 Å². The molecule has 1 aliphatic heterocycles. The van der Waals surface area contributed by atoms with Gasteiger partial charge in [0.1, 0.15) is 0 Å². The Labute approximate surface area is 122 Å². The van der Waals surface area contributed by atoms with Gasteiger partial charge in [-0.05, 0) is 6.07 Å². The molecular formula is C15H18N2O4. The van der Waals surface area contributed by atoms with Gasteiger partial charge in [-0.1, -0.05) is 18.2 Å². The number of nitrogens with zero attached hydrogens (tertiary/aromatic N) is 2. The Morgan fingerprint density at radius 3 is 2.38 bits per heavy atom. The number of carbonyl (C=O) groups is 2. The Hall–Kier alpha value is -2.34. The third-order valence-corrected chi connectivity index (χ3v) is 3.46. The first-order valence-electron chi connectivity index (χ1n) is 6.75. The van der Waals surface area contributed by atoms with E-state index in [4.69, 9.17) is 5.11 Å². The maximum atomic E-state index is 11.8. The fraction of sp³-hybridized carbons (Fsp3) is 0.333. The maximum absolute atomic E-state index is 11.8. The van der Waals surface area contributed by atoms with Crippen molar-refractivity contribution in [3.05, 3.63) is 42.0 Å². The molecule has 0 radical (unpaired) electrons. The van der Waals surface area contributed by atoms with Gasteiger partial charge in [0.15, 0.2) is 0 Å². The van der Waals surface area contributed by atoms with Crippen LogP contribution in [0.4, 0.5) is 5.69 Å². The molecule has 0 atom stereocenters. The standard InChI is InChI=1S/C15H18N2O4/c18-11-12-3-1-2-4-13(12)16-7-9-17(10-8-16)14(19)5-6-15(20)21/h1-6,18H,7-11H2,(H,20,21)/b6-5-. The number of benzene rings is 1. The highest BCUT2D eigenvalue weighted by Gasteiger charge is 2.21. The number of aliphatic hydroxyl groups is 1. The molecule has 1 fully saturated rings. The summed E-state index contributed by atoms with van der Waals surface area (Å²) in [4.78, 5) is 25.9. The van der Waals surface area contributed by atoms with Gasteiger partial charge in [-0.2, -0.15) is 0 Å². The third-order valence-electron chi connectivity index (χ3n) is 3.46. The van der Waals surface area contributed by atoms with Crippen LogP contribution in [0.5, 0.6) is 0 Å². The van der Waals surface area contributed by atoms with Gasteiger partial charge in [0.2, 0.25) is 5.91 Å². The molecule has 1 heterocycles. The van der Waals surface area contributed by atoms with Gasteiger partial charge >= 0.3 is 5.97 Å². The number of hydrogen-bond donors (Lipinski definition) is 2. The van der Waals surface area contributed by atoms with Gasteiger partial charge < -0.3 is 20.0 Å². The number of hydrogen-bond acceptors (Lipinski definition) is 4. The lowest BCUT2D eigenvalue weighted by atomic mass is 10.1. The highest BCUT2D eigenvalue weighted by molar-refractivity contribution is 5.94. The average molecular weight is 290 g/mol. The molecule has 2 N–H and O–H groups in total. The zero-order valence-electron chi connectivity index (χ0n) is 11.6. The summed E-state index contributed by atoms with van der Waals surface area (Å²) in [5.41, 5.74) is 1.84. The fourth-order valence-corrected chi connectivity index (χ4v) is 2.37. The molecule has 0 spiro atoms. The van der Waals surface area contributed by atoms with Crippen molar-refractivity contribution in [3.8, 4) is 0 Å². The zero-order chi connectivity index (χ0) is 15.2. The summed E-state index contributed by atoms with van der Waals surface area (Å²) in [6.45, 7) is 2.36. The molecule has 1 aromatic carbocycles. The van der Waals surface area contributed by atoms with Crippen LogP contribution in [-0.4, -0.2) is 53.2 Å². The monoisotopic (exact) mass is 290 g/mol. The van der Waals surface area contributed by atoms with Gasteiger partial charge in [0.05, 0.1) is 6.61 Å². The number of amides is 1. The predicted molar refractivity (Wildman–Crippen MR) is 77.9 cm³/mol. The van der Waals surface area contributed by atoms with Crippen molar-refractivity contribution in [1.29, 1.82) is 0 Å². The van der Waals surface area contributed by atoms with E-state index >= 15 is 0 Å². The molecule has 0 unspecified atom stereocenters. The van der Waals surface area contributed by atoms with Crippen LogP contribution in [0.2, 0.25) is 0 Å². The summed E-state index contributed by atoms with van der Waals surface area (Å²) in [6, 6.07) is 7.63. The van der Waals surface area contributed by atoms with Gasteiger partial charge in [0.25, 0.3) is 0 Å². The minimum absolute atomic E-state index is 0.0172. The summed E-state index contributed by atoms with van der Waals surface area (Å²) in [6.07, 6.45) is 1.94. The van der Waals surface area contributed by atoms with Crippen molar-refractivity contribution in [2.45, 2.75) is 6.61 Å². The minimum Gasteiger partial charge on any atom is -0.478 e. The normalized spacial score (nSPS) is 15.5. The summed E-state index contributed by atoms with van der Waals surface area (Å²) >= 11 is 0.